The molecule has 0 aromatic carbocycles. The predicted octanol–water partition coefficient (Wildman–Crippen LogP) is 3.66. The Morgan fingerprint density at radius 3 is 1.72 bits per heavy atom. The van der Waals surface area contributed by atoms with Crippen LogP contribution in [0.3, 0.4) is 0 Å². The van der Waals surface area contributed by atoms with Crippen LogP contribution in [0.25, 0.3) is 0 Å². The molecule has 0 unspecified atom stereocenters. The molecular formula is C25H51NO6. The van der Waals surface area contributed by atoms with Crippen molar-refractivity contribution in [3.63, 3.8) is 0 Å². The molecule has 5 N–H and O–H groups in total. The van der Waals surface area contributed by atoms with Crippen LogP contribution in [0.1, 0.15) is 103 Å². The summed E-state index contributed by atoms with van der Waals surface area (Å²) < 4.78 is 16.6. The first-order chi connectivity index (χ1) is 15.6. The van der Waals surface area contributed by atoms with Gasteiger partial charge in [0, 0.05) is 13.2 Å². The van der Waals surface area contributed by atoms with E-state index in [2.05, 4.69) is 6.92 Å². The van der Waals surface area contributed by atoms with Crippen LogP contribution in [0.5, 0.6) is 0 Å². The molecule has 7 heteroatoms. The maximum Gasteiger partial charge on any atom is 0.175 e. The highest BCUT2D eigenvalue weighted by atomic mass is 16.7. The van der Waals surface area contributed by atoms with E-state index in [-0.39, 0.29) is 0 Å². The van der Waals surface area contributed by atoms with Crippen LogP contribution in [0, 0.1) is 0 Å². The molecule has 0 bridgehead atoms. The summed E-state index contributed by atoms with van der Waals surface area (Å²) in [6, 6.07) is -0.843. The summed E-state index contributed by atoms with van der Waals surface area (Å²) in [6.07, 6.45) is 15.5. The minimum absolute atomic E-state index is 0.387. The van der Waals surface area contributed by atoms with Gasteiger partial charge in [0.25, 0.3) is 0 Å². The zero-order valence-electron chi connectivity index (χ0n) is 20.5. The van der Waals surface area contributed by atoms with Crippen molar-refractivity contribution in [1.29, 1.82) is 0 Å². The lowest BCUT2D eigenvalue weighted by molar-refractivity contribution is -0.266. The Morgan fingerprint density at radius 1 is 0.688 bits per heavy atom. The Labute approximate surface area is 196 Å². The van der Waals surface area contributed by atoms with Gasteiger partial charge in [0.1, 0.15) is 18.3 Å². The van der Waals surface area contributed by atoms with Gasteiger partial charge in [-0.2, -0.15) is 0 Å². The van der Waals surface area contributed by atoms with Gasteiger partial charge in [-0.15, -0.1) is 0 Å². The number of rotatable bonds is 21. The Hall–Kier alpha value is -0.280. The van der Waals surface area contributed by atoms with Crippen LogP contribution >= 0.6 is 0 Å². The fourth-order valence-electron chi connectivity index (χ4n) is 4.11. The molecule has 1 heterocycles. The van der Waals surface area contributed by atoms with E-state index in [0.717, 1.165) is 13.0 Å². The molecule has 0 spiro atoms. The predicted molar refractivity (Wildman–Crippen MR) is 127 cm³/mol. The number of hydrogen-bond donors (Lipinski definition) is 4. The van der Waals surface area contributed by atoms with Crippen LogP contribution in [0.2, 0.25) is 0 Å². The van der Waals surface area contributed by atoms with E-state index < -0.39 is 37.3 Å². The molecule has 0 amide bonds. The Bertz CT molecular complexity index is 412. The van der Waals surface area contributed by atoms with Crippen molar-refractivity contribution in [2.24, 2.45) is 5.73 Å². The van der Waals surface area contributed by atoms with Gasteiger partial charge in [0.2, 0.25) is 0 Å². The summed E-state index contributed by atoms with van der Waals surface area (Å²) in [7, 11) is 0. The van der Waals surface area contributed by atoms with E-state index in [9.17, 15) is 15.3 Å². The van der Waals surface area contributed by atoms with Crippen LogP contribution < -0.4 is 5.73 Å². The number of aliphatic hydroxyl groups excluding tert-OH is 3. The first-order valence-corrected chi connectivity index (χ1v) is 13.2. The van der Waals surface area contributed by atoms with Crippen molar-refractivity contribution in [2.75, 3.05) is 26.4 Å². The van der Waals surface area contributed by atoms with Crippen molar-refractivity contribution in [3.8, 4) is 0 Å². The van der Waals surface area contributed by atoms with Gasteiger partial charge in [-0.25, -0.2) is 0 Å². The largest absolute Gasteiger partial charge is 0.394 e. The fourth-order valence-corrected chi connectivity index (χ4v) is 4.11. The molecule has 5 atom stereocenters. The number of aliphatic hydroxyl groups is 3. The molecule has 0 aromatic rings. The molecule has 1 aliphatic heterocycles. The summed E-state index contributed by atoms with van der Waals surface area (Å²) >= 11 is 0. The average Bonchev–Trinajstić information content (AvgIpc) is 2.80. The van der Waals surface area contributed by atoms with Crippen molar-refractivity contribution in [3.05, 3.63) is 0 Å². The third-order valence-corrected chi connectivity index (χ3v) is 6.29. The standard InChI is InChI=1S/C25H51NO6/c1-2-3-4-5-6-7-8-9-10-11-12-13-14-15-17-30-18-16-19-31-25-22(26)24(29)23(28)21(20-27)32-25/h21-25,27-29H,2-20,26H2,1H3/t21-,22-,23-,24-,25-/m1/s1. The number of ether oxygens (including phenoxy) is 3. The summed E-state index contributed by atoms with van der Waals surface area (Å²) in [5.74, 6) is 0. The average molecular weight is 462 g/mol. The molecule has 192 valence electrons. The molecule has 0 aromatic heterocycles. The second-order valence-electron chi connectivity index (χ2n) is 9.22. The van der Waals surface area contributed by atoms with Gasteiger partial charge in [0.15, 0.2) is 6.29 Å². The Balaban J connectivity index is 1.82. The molecule has 1 saturated heterocycles. The first-order valence-electron chi connectivity index (χ1n) is 13.2. The minimum atomic E-state index is -1.21. The molecule has 32 heavy (non-hydrogen) atoms. The zero-order valence-corrected chi connectivity index (χ0v) is 20.5. The van der Waals surface area contributed by atoms with E-state index >= 15 is 0 Å². The summed E-state index contributed by atoms with van der Waals surface area (Å²) in [5, 5.41) is 28.9. The third-order valence-electron chi connectivity index (χ3n) is 6.29. The van der Waals surface area contributed by atoms with E-state index in [0.29, 0.717) is 19.6 Å². The first kappa shape index (κ1) is 29.8. The summed E-state index contributed by atoms with van der Waals surface area (Å²) in [6.45, 7) is 3.64. The second kappa shape index (κ2) is 20.1. The van der Waals surface area contributed by atoms with Crippen molar-refractivity contribution < 1.29 is 29.5 Å². The summed E-state index contributed by atoms with van der Waals surface area (Å²) in [4.78, 5) is 0. The Morgan fingerprint density at radius 2 is 1.19 bits per heavy atom. The van der Waals surface area contributed by atoms with E-state index in [1.807, 2.05) is 0 Å². The normalized spacial score (nSPS) is 26.0. The van der Waals surface area contributed by atoms with E-state index in [4.69, 9.17) is 19.9 Å². The molecule has 1 aliphatic rings. The van der Waals surface area contributed by atoms with Gasteiger partial charge in [-0.05, 0) is 12.8 Å². The van der Waals surface area contributed by atoms with Crippen LogP contribution in [-0.4, -0.2) is 72.4 Å². The van der Waals surface area contributed by atoms with Crippen molar-refractivity contribution >= 4 is 0 Å². The van der Waals surface area contributed by atoms with Gasteiger partial charge in [0.05, 0.1) is 19.3 Å². The molecule has 0 saturated carbocycles. The number of hydrogen-bond acceptors (Lipinski definition) is 7. The SMILES string of the molecule is CCCCCCCCCCCCCCCCOCCCO[C@@H]1O[C@H](CO)[C@@H](O)[C@H](O)[C@H]1N. The van der Waals surface area contributed by atoms with E-state index in [1.165, 1.54) is 83.5 Å². The molecule has 0 aliphatic carbocycles. The highest BCUT2D eigenvalue weighted by molar-refractivity contribution is 4.91. The number of unbranched alkanes of at least 4 members (excludes halogenated alkanes) is 13. The molecular weight excluding hydrogens is 410 g/mol. The smallest absolute Gasteiger partial charge is 0.175 e. The lowest BCUT2D eigenvalue weighted by Gasteiger charge is -2.40. The molecule has 1 fully saturated rings. The van der Waals surface area contributed by atoms with Gasteiger partial charge in [-0.1, -0.05) is 90.4 Å². The molecule has 7 nitrogen and oxygen atoms in total. The zero-order chi connectivity index (χ0) is 23.4. The maximum absolute atomic E-state index is 9.91. The summed E-state index contributed by atoms with van der Waals surface area (Å²) in [5.41, 5.74) is 5.84. The monoisotopic (exact) mass is 461 g/mol. The highest BCUT2D eigenvalue weighted by Gasteiger charge is 2.42. The highest BCUT2D eigenvalue weighted by Crippen LogP contribution is 2.20. The van der Waals surface area contributed by atoms with Crippen LogP contribution in [0.15, 0.2) is 0 Å². The molecule has 0 radical (unpaired) electrons. The van der Waals surface area contributed by atoms with Gasteiger partial charge < -0.3 is 35.3 Å². The number of nitrogens with two attached hydrogens (primary N) is 1. The van der Waals surface area contributed by atoms with Crippen LogP contribution in [-0.2, 0) is 14.2 Å². The molecule has 1 rings (SSSR count). The van der Waals surface area contributed by atoms with Crippen molar-refractivity contribution in [1.82, 2.24) is 0 Å². The second-order valence-corrected chi connectivity index (χ2v) is 9.22. The fraction of sp³-hybridized carbons (Fsp3) is 1.00. The minimum Gasteiger partial charge on any atom is -0.394 e. The van der Waals surface area contributed by atoms with Gasteiger partial charge >= 0.3 is 0 Å². The Kier molecular flexibility index (Phi) is 18.7. The van der Waals surface area contributed by atoms with Crippen molar-refractivity contribution in [2.45, 2.75) is 134 Å². The third kappa shape index (κ3) is 13.4. The lowest BCUT2D eigenvalue weighted by atomic mass is 9.98. The van der Waals surface area contributed by atoms with Gasteiger partial charge in [-0.3, -0.25) is 0 Å². The lowest BCUT2D eigenvalue weighted by Crippen LogP contribution is -2.62. The van der Waals surface area contributed by atoms with Crippen LogP contribution in [0.4, 0.5) is 0 Å². The van der Waals surface area contributed by atoms with E-state index in [1.54, 1.807) is 0 Å². The maximum atomic E-state index is 9.91. The quantitative estimate of drug-likeness (QED) is 0.193. The topological polar surface area (TPSA) is 114 Å².